The highest BCUT2D eigenvalue weighted by Crippen LogP contribution is 2.36. The van der Waals surface area contributed by atoms with E-state index in [1.807, 2.05) is 13.8 Å². The van der Waals surface area contributed by atoms with Crippen molar-refractivity contribution in [2.45, 2.75) is 45.9 Å². The van der Waals surface area contributed by atoms with Crippen LogP contribution in [-0.4, -0.2) is 25.1 Å². The summed E-state index contributed by atoms with van der Waals surface area (Å²) in [5.74, 6) is 1.03. The van der Waals surface area contributed by atoms with Crippen LogP contribution in [0, 0.1) is 5.92 Å². The summed E-state index contributed by atoms with van der Waals surface area (Å²) >= 11 is -1.64. The van der Waals surface area contributed by atoms with Gasteiger partial charge in [-0.3, -0.25) is 8.58 Å². The number of aromatic nitrogens is 3. The number of hydrogen-bond acceptors (Lipinski definition) is 4. The molecule has 1 aliphatic rings. The van der Waals surface area contributed by atoms with E-state index in [0.29, 0.717) is 18.2 Å². The van der Waals surface area contributed by atoms with Crippen molar-refractivity contribution in [1.82, 2.24) is 14.6 Å². The molecule has 1 saturated carbocycles. The quantitative estimate of drug-likeness (QED) is 0.815. The second-order valence-corrected chi connectivity index (χ2v) is 6.37. The van der Waals surface area contributed by atoms with Crippen molar-refractivity contribution in [1.29, 1.82) is 0 Å². The number of halogens is 3. The number of rotatable bonds is 5. The van der Waals surface area contributed by atoms with Crippen molar-refractivity contribution >= 4 is 16.7 Å². The predicted molar refractivity (Wildman–Crippen MR) is 84.6 cm³/mol. The Kier molecular flexibility index (Phi) is 5.97. The molecule has 5 nitrogen and oxygen atoms in total. The summed E-state index contributed by atoms with van der Waals surface area (Å²) in [6.45, 7) is 3.61. The SMILES string of the molecule is CC.CS(=O)OCc1ccn2c(CC3CC3)nnc2c1C(F)(F)F. The first-order chi connectivity index (χ1) is 11.4. The van der Waals surface area contributed by atoms with Crippen molar-refractivity contribution in [2.75, 3.05) is 6.26 Å². The Morgan fingerprint density at radius 1 is 1.33 bits per heavy atom. The molecule has 3 rings (SSSR count). The highest BCUT2D eigenvalue weighted by atomic mass is 32.2. The number of pyridine rings is 1. The zero-order valence-electron chi connectivity index (χ0n) is 13.8. The molecule has 0 aliphatic heterocycles. The van der Waals surface area contributed by atoms with E-state index in [1.54, 1.807) is 0 Å². The molecule has 1 atom stereocenters. The van der Waals surface area contributed by atoms with Crippen molar-refractivity contribution in [3.05, 3.63) is 29.2 Å². The number of nitrogens with zero attached hydrogens (tertiary/aromatic N) is 3. The van der Waals surface area contributed by atoms with E-state index in [4.69, 9.17) is 4.18 Å². The van der Waals surface area contributed by atoms with Gasteiger partial charge in [-0.25, -0.2) is 4.21 Å². The van der Waals surface area contributed by atoms with Gasteiger partial charge in [-0.15, -0.1) is 10.2 Å². The second-order valence-electron chi connectivity index (χ2n) is 5.33. The molecule has 134 valence electrons. The van der Waals surface area contributed by atoms with Gasteiger partial charge in [0.2, 0.25) is 0 Å². The maximum Gasteiger partial charge on any atom is 0.420 e. The molecule has 2 heterocycles. The highest BCUT2D eigenvalue weighted by molar-refractivity contribution is 7.79. The van der Waals surface area contributed by atoms with Crippen LogP contribution < -0.4 is 0 Å². The molecular weight excluding hydrogens is 343 g/mol. The standard InChI is InChI=1S/C13H14F3N3O2S.C2H6/c1-22(20)21-7-9-4-5-19-10(6-8-2-3-8)17-18-12(19)11(9)13(14,15)16;1-2/h4-5,8H,2-3,6-7H2,1H3;1-2H3. The van der Waals surface area contributed by atoms with Crippen molar-refractivity contribution in [3.8, 4) is 0 Å². The monoisotopic (exact) mass is 363 g/mol. The lowest BCUT2D eigenvalue weighted by atomic mass is 10.1. The van der Waals surface area contributed by atoms with Crippen LogP contribution in [0.1, 0.15) is 43.6 Å². The zero-order chi connectivity index (χ0) is 17.9. The van der Waals surface area contributed by atoms with Crippen molar-refractivity contribution in [3.63, 3.8) is 0 Å². The summed E-state index contributed by atoms with van der Waals surface area (Å²) in [6, 6.07) is 1.32. The molecule has 2 aromatic heterocycles. The molecule has 0 saturated heterocycles. The topological polar surface area (TPSA) is 56.5 Å². The second kappa shape index (κ2) is 7.60. The molecular formula is C15H20F3N3O2S. The van der Waals surface area contributed by atoms with Gasteiger partial charge in [0.25, 0.3) is 0 Å². The fourth-order valence-corrected chi connectivity index (χ4v) is 2.63. The molecule has 0 N–H and O–H groups in total. The molecule has 24 heavy (non-hydrogen) atoms. The normalized spacial score (nSPS) is 15.9. The van der Waals surface area contributed by atoms with E-state index in [-0.39, 0.29) is 17.8 Å². The van der Waals surface area contributed by atoms with Gasteiger partial charge in [0.05, 0.1) is 6.61 Å². The van der Waals surface area contributed by atoms with Gasteiger partial charge in [0, 0.05) is 18.9 Å². The number of hydrogen-bond donors (Lipinski definition) is 0. The first-order valence-corrected chi connectivity index (χ1v) is 9.24. The van der Waals surface area contributed by atoms with Gasteiger partial charge in [0.1, 0.15) is 11.4 Å². The largest absolute Gasteiger partial charge is 0.420 e. The molecule has 1 aliphatic carbocycles. The van der Waals surface area contributed by atoms with Gasteiger partial charge >= 0.3 is 6.18 Å². The van der Waals surface area contributed by atoms with E-state index in [1.165, 1.54) is 22.9 Å². The first kappa shape index (κ1) is 18.9. The van der Waals surface area contributed by atoms with Crippen molar-refractivity contribution < 1.29 is 21.6 Å². The zero-order valence-corrected chi connectivity index (χ0v) is 14.6. The van der Waals surface area contributed by atoms with Gasteiger partial charge in [0.15, 0.2) is 16.7 Å². The fourth-order valence-electron chi connectivity index (χ4n) is 2.34. The van der Waals surface area contributed by atoms with Crippen LogP contribution >= 0.6 is 0 Å². The molecule has 1 fully saturated rings. The third-order valence-corrected chi connectivity index (χ3v) is 4.02. The van der Waals surface area contributed by atoms with E-state index in [2.05, 4.69) is 10.2 Å². The summed E-state index contributed by atoms with van der Waals surface area (Å²) in [5.41, 5.74) is -1.21. The molecule has 0 bridgehead atoms. The summed E-state index contributed by atoms with van der Waals surface area (Å²) in [5, 5.41) is 7.61. The Hall–Kier alpha value is -1.48. The molecule has 2 aromatic rings. The van der Waals surface area contributed by atoms with Crippen molar-refractivity contribution in [2.24, 2.45) is 5.92 Å². The minimum Gasteiger partial charge on any atom is -0.286 e. The maximum atomic E-state index is 13.4. The fraction of sp³-hybridized carbons (Fsp3) is 0.600. The molecule has 0 radical (unpaired) electrons. The van der Waals surface area contributed by atoms with E-state index in [0.717, 1.165) is 12.8 Å². The Morgan fingerprint density at radius 2 is 2.00 bits per heavy atom. The minimum absolute atomic E-state index is 0.0967. The van der Waals surface area contributed by atoms with Gasteiger partial charge in [-0.1, -0.05) is 13.8 Å². The minimum atomic E-state index is -4.58. The molecule has 9 heteroatoms. The Morgan fingerprint density at radius 3 is 2.54 bits per heavy atom. The van der Waals surface area contributed by atoms with Crippen LogP contribution in [-0.2, 0) is 34.5 Å². The van der Waals surface area contributed by atoms with Crippen LogP contribution in [0.4, 0.5) is 13.2 Å². The van der Waals surface area contributed by atoms with Crippen LogP contribution in [0.25, 0.3) is 5.65 Å². The molecule has 0 spiro atoms. The molecule has 0 aromatic carbocycles. The summed E-state index contributed by atoms with van der Waals surface area (Å²) in [6.07, 6.45) is 0.980. The van der Waals surface area contributed by atoms with Crippen LogP contribution in [0.15, 0.2) is 12.3 Å². The van der Waals surface area contributed by atoms with Gasteiger partial charge in [-0.05, 0) is 30.4 Å². The summed E-state index contributed by atoms with van der Waals surface area (Å²) < 4.78 is 57.3. The van der Waals surface area contributed by atoms with E-state index < -0.39 is 22.8 Å². The maximum absolute atomic E-state index is 13.4. The predicted octanol–water partition coefficient (Wildman–Crippen LogP) is 3.54. The smallest absolute Gasteiger partial charge is 0.286 e. The van der Waals surface area contributed by atoms with Gasteiger partial charge in [-0.2, -0.15) is 13.2 Å². The number of alkyl halides is 3. The average Bonchev–Trinajstić information content (AvgIpc) is 3.25. The van der Waals surface area contributed by atoms with E-state index >= 15 is 0 Å². The summed E-state index contributed by atoms with van der Waals surface area (Å²) in [4.78, 5) is 0. The lowest BCUT2D eigenvalue weighted by Gasteiger charge is -2.13. The summed E-state index contributed by atoms with van der Waals surface area (Å²) in [7, 11) is 0. The lowest BCUT2D eigenvalue weighted by molar-refractivity contribution is -0.137. The molecule has 0 amide bonds. The third kappa shape index (κ3) is 4.32. The number of fused-ring (bicyclic) bond motifs is 1. The van der Waals surface area contributed by atoms with Crippen LogP contribution in [0.5, 0.6) is 0 Å². The first-order valence-electron chi connectivity index (χ1n) is 7.75. The average molecular weight is 363 g/mol. The lowest BCUT2D eigenvalue weighted by Crippen LogP contribution is -2.13. The Labute approximate surface area is 140 Å². The highest BCUT2D eigenvalue weighted by Gasteiger charge is 2.38. The Balaban J connectivity index is 0.00000100. The Bertz CT molecular complexity index is 727. The van der Waals surface area contributed by atoms with Crippen LogP contribution in [0.2, 0.25) is 0 Å². The van der Waals surface area contributed by atoms with E-state index in [9.17, 15) is 17.4 Å². The third-order valence-electron chi connectivity index (χ3n) is 3.57. The van der Waals surface area contributed by atoms with Crippen LogP contribution in [0.3, 0.4) is 0 Å². The molecule has 1 unspecified atom stereocenters. The van der Waals surface area contributed by atoms with Gasteiger partial charge < -0.3 is 0 Å².